The molecule has 4 aromatic carbocycles. The number of unbranched alkanes of at least 4 members (excludes halogenated alkanes) is 12. The van der Waals surface area contributed by atoms with Crippen molar-refractivity contribution in [3.63, 3.8) is 0 Å². The van der Waals surface area contributed by atoms with E-state index in [-0.39, 0.29) is 10.8 Å². The van der Waals surface area contributed by atoms with Gasteiger partial charge in [0, 0.05) is 10.8 Å². The van der Waals surface area contributed by atoms with Crippen LogP contribution in [0.2, 0.25) is 0 Å². The third kappa shape index (κ3) is 8.13. The van der Waals surface area contributed by atoms with Crippen LogP contribution in [0.3, 0.4) is 0 Å². The van der Waals surface area contributed by atoms with Gasteiger partial charge in [0.1, 0.15) is 0 Å². The van der Waals surface area contributed by atoms with Crippen LogP contribution in [0, 0.1) is 0 Å². The Morgan fingerprint density at radius 3 is 1.21 bits per heavy atom. The second-order valence-corrected chi connectivity index (χ2v) is 16.7. The van der Waals surface area contributed by atoms with E-state index >= 15 is 0 Å². The summed E-state index contributed by atoms with van der Waals surface area (Å²) in [5, 5.41) is 20.7. The number of rotatable bonds is 22. The van der Waals surface area contributed by atoms with E-state index in [0.717, 1.165) is 12.8 Å². The molecule has 0 unspecified atom stereocenters. The standard InChI is InChI=1S/C50H67BO2/c1-5-9-13-19-31-49(32-20-14-10-6-2)45-24-18-17-23-41(45)42-28-25-38(35-46(42)49)39-26-29-43-44-30-27-40(51(52)53)37-48(44)50(47(43)36-39,33-21-15-11-7-3)34-22-16-12-8-4/h17-18,23-30,35-37,52-53H,5-16,19-22,31-34H2,1-4H3. The summed E-state index contributed by atoms with van der Waals surface area (Å²) in [6, 6.07) is 30.3. The fraction of sp³-hybridized carbons (Fsp3) is 0.520. The van der Waals surface area contributed by atoms with E-state index in [2.05, 4.69) is 100 Å². The quantitative estimate of drug-likeness (QED) is 0.0630. The molecule has 2 aliphatic rings. The molecule has 0 amide bonds. The predicted octanol–water partition coefficient (Wildman–Crippen LogP) is 13.4. The lowest BCUT2D eigenvalue weighted by Gasteiger charge is -2.34. The van der Waals surface area contributed by atoms with Crippen LogP contribution in [0.1, 0.15) is 178 Å². The van der Waals surface area contributed by atoms with Gasteiger partial charge in [-0.2, -0.15) is 0 Å². The molecular formula is C50H67BO2. The summed E-state index contributed by atoms with van der Waals surface area (Å²) in [7, 11) is -1.46. The van der Waals surface area contributed by atoms with Gasteiger partial charge in [-0.05, 0) is 98.9 Å². The number of hydrogen-bond donors (Lipinski definition) is 2. The van der Waals surface area contributed by atoms with Gasteiger partial charge in [-0.25, -0.2) is 0 Å². The van der Waals surface area contributed by atoms with Crippen molar-refractivity contribution in [1.82, 2.24) is 0 Å². The van der Waals surface area contributed by atoms with E-state index in [1.807, 2.05) is 6.07 Å². The molecule has 0 atom stereocenters. The second kappa shape index (κ2) is 18.5. The molecule has 0 radical (unpaired) electrons. The first-order valence-electron chi connectivity index (χ1n) is 21.8. The monoisotopic (exact) mass is 711 g/mol. The lowest BCUT2D eigenvalue weighted by molar-refractivity contribution is 0.400. The molecule has 0 spiro atoms. The lowest BCUT2D eigenvalue weighted by atomic mass is 9.68. The molecule has 0 aliphatic heterocycles. The lowest BCUT2D eigenvalue weighted by Crippen LogP contribution is -2.32. The molecule has 0 aromatic heterocycles. The Hall–Kier alpha value is -3.14. The molecule has 2 N–H and O–H groups in total. The van der Waals surface area contributed by atoms with Gasteiger partial charge in [-0.1, -0.05) is 197 Å². The Balaban J connectivity index is 1.46. The Kier molecular flexibility index (Phi) is 13.8. The highest BCUT2D eigenvalue weighted by molar-refractivity contribution is 6.58. The largest absolute Gasteiger partial charge is 0.488 e. The predicted molar refractivity (Wildman–Crippen MR) is 229 cm³/mol. The summed E-state index contributed by atoms with van der Waals surface area (Å²) >= 11 is 0. The van der Waals surface area contributed by atoms with Crippen molar-refractivity contribution in [2.24, 2.45) is 0 Å². The van der Waals surface area contributed by atoms with Crippen LogP contribution >= 0.6 is 0 Å². The van der Waals surface area contributed by atoms with E-state index in [4.69, 9.17) is 0 Å². The number of fused-ring (bicyclic) bond motifs is 6. The highest BCUT2D eigenvalue weighted by Gasteiger charge is 2.44. The Morgan fingerprint density at radius 1 is 0.396 bits per heavy atom. The Morgan fingerprint density at radius 2 is 0.774 bits per heavy atom. The van der Waals surface area contributed by atoms with Gasteiger partial charge < -0.3 is 10.0 Å². The van der Waals surface area contributed by atoms with Gasteiger partial charge in [-0.15, -0.1) is 0 Å². The molecule has 6 rings (SSSR count). The van der Waals surface area contributed by atoms with Gasteiger partial charge in [0.05, 0.1) is 0 Å². The van der Waals surface area contributed by atoms with E-state index in [1.165, 1.54) is 160 Å². The summed E-state index contributed by atoms with van der Waals surface area (Å²) in [5.41, 5.74) is 14.6. The van der Waals surface area contributed by atoms with Gasteiger partial charge in [-0.3, -0.25) is 0 Å². The first-order valence-corrected chi connectivity index (χ1v) is 21.8. The Labute approximate surface area is 323 Å². The third-order valence-electron chi connectivity index (χ3n) is 13.1. The summed E-state index contributed by atoms with van der Waals surface area (Å²) in [5.74, 6) is 0. The topological polar surface area (TPSA) is 40.5 Å². The van der Waals surface area contributed by atoms with Crippen molar-refractivity contribution in [3.8, 4) is 33.4 Å². The van der Waals surface area contributed by atoms with Gasteiger partial charge in [0.25, 0.3) is 0 Å². The zero-order chi connectivity index (χ0) is 37.3. The van der Waals surface area contributed by atoms with E-state index < -0.39 is 7.12 Å². The molecule has 3 heteroatoms. The van der Waals surface area contributed by atoms with Crippen LogP contribution in [0.25, 0.3) is 33.4 Å². The molecule has 0 fully saturated rings. The molecule has 282 valence electrons. The summed E-state index contributed by atoms with van der Waals surface area (Å²) < 4.78 is 0. The number of benzene rings is 4. The average molecular weight is 711 g/mol. The van der Waals surface area contributed by atoms with Crippen LogP contribution in [0.15, 0.2) is 78.9 Å². The van der Waals surface area contributed by atoms with E-state index in [1.54, 1.807) is 11.1 Å². The minimum absolute atomic E-state index is 0.0697. The van der Waals surface area contributed by atoms with Gasteiger partial charge in [0.15, 0.2) is 0 Å². The minimum atomic E-state index is -1.46. The molecule has 2 aliphatic carbocycles. The maximum Gasteiger partial charge on any atom is 0.488 e. The van der Waals surface area contributed by atoms with E-state index in [0.29, 0.717) is 5.46 Å². The van der Waals surface area contributed by atoms with Crippen LogP contribution in [-0.2, 0) is 10.8 Å². The second-order valence-electron chi connectivity index (χ2n) is 16.7. The average Bonchev–Trinajstić information content (AvgIpc) is 3.61. The minimum Gasteiger partial charge on any atom is -0.423 e. The molecular weight excluding hydrogens is 643 g/mol. The fourth-order valence-electron chi connectivity index (χ4n) is 10.2. The first kappa shape index (κ1) is 39.6. The van der Waals surface area contributed by atoms with Crippen LogP contribution in [0.4, 0.5) is 0 Å². The molecule has 0 saturated heterocycles. The van der Waals surface area contributed by atoms with Crippen LogP contribution in [-0.4, -0.2) is 17.2 Å². The molecule has 0 heterocycles. The molecule has 0 saturated carbocycles. The SMILES string of the molecule is CCCCCCC1(CCCCCC)c2ccccc2-c2ccc(-c3ccc4c(c3)C(CCCCCC)(CCCCCC)c3cc(B(O)O)ccc3-4)cc21. The van der Waals surface area contributed by atoms with Crippen molar-refractivity contribution in [2.45, 2.75) is 167 Å². The highest BCUT2D eigenvalue weighted by Crippen LogP contribution is 2.57. The summed E-state index contributed by atoms with van der Waals surface area (Å²) in [6.07, 6.45) is 24.8. The van der Waals surface area contributed by atoms with Gasteiger partial charge in [0.2, 0.25) is 0 Å². The first-order chi connectivity index (χ1) is 25.9. The highest BCUT2D eigenvalue weighted by atomic mass is 16.4. The van der Waals surface area contributed by atoms with E-state index in [9.17, 15) is 10.0 Å². The third-order valence-corrected chi connectivity index (χ3v) is 13.1. The van der Waals surface area contributed by atoms with Crippen molar-refractivity contribution < 1.29 is 10.0 Å². The normalized spacial score (nSPS) is 14.5. The zero-order valence-corrected chi connectivity index (χ0v) is 33.6. The summed E-state index contributed by atoms with van der Waals surface area (Å²) in [4.78, 5) is 0. The maximum atomic E-state index is 10.3. The maximum absolute atomic E-state index is 10.3. The molecule has 2 nitrogen and oxygen atoms in total. The smallest absolute Gasteiger partial charge is 0.423 e. The molecule has 0 bridgehead atoms. The van der Waals surface area contributed by atoms with Crippen molar-refractivity contribution in [2.75, 3.05) is 0 Å². The Bertz CT molecular complexity index is 1760. The van der Waals surface area contributed by atoms with Crippen LogP contribution in [0.5, 0.6) is 0 Å². The van der Waals surface area contributed by atoms with Crippen molar-refractivity contribution in [3.05, 3.63) is 101 Å². The number of hydrogen-bond acceptors (Lipinski definition) is 2. The van der Waals surface area contributed by atoms with Gasteiger partial charge >= 0.3 is 7.12 Å². The fourth-order valence-corrected chi connectivity index (χ4v) is 10.2. The van der Waals surface area contributed by atoms with Crippen LogP contribution < -0.4 is 5.46 Å². The van der Waals surface area contributed by atoms with Crippen molar-refractivity contribution >= 4 is 12.6 Å². The zero-order valence-electron chi connectivity index (χ0n) is 33.6. The summed E-state index contributed by atoms with van der Waals surface area (Å²) in [6.45, 7) is 9.23. The van der Waals surface area contributed by atoms with Crippen molar-refractivity contribution in [1.29, 1.82) is 0 Å². The molecule has 4 aromatic rings. The molecule has 53 heavy (non-hydrogen) atoms.